The predicted molar refractivity (Wildman–Crippen MR) is 59.3 cm³/mol. The molecule has 0 radical (unpaired) electrons. The fraction of sp³-hybridized carbons (Fsp3) is 0.600. The van der Waals surface area contributed by atoms with Crippen LogP contribution in [0.1, 0.15) is 18.2 Å². The molecule has 1 fully saturated rings. The van der Waals surface area contributed by atoms with Crippen LogP contribution < -0.4 is 11.4 Å². The number of aliphatic hydroxyl groups is 2. The van der Waals surface area contributed by atoms with Crippen molar-refractivity contribution < 1.29 is 14.9 Å². The van der Waals surface area contributed by atoms with E-state index >= 15 is 0 Å². The molecule has 4 N–H and O–H groups in total. The Hall–Kier alpha value is -1.44. The van der Waals surface area contributed by atoms with Crippen LogP contribution in [0, 0.1) is 6.92 Å². The number of nitrogens with two attached hydrogens (primary N) is 1. The van der Waals surface area contributed by atoms with E-state index in [0.29, 0.717) is 5.56 Å². The fourth-order valence-electron chi connectivity index (χ4n) is 1.84. The highest BCUT2D eigenvalue weighted by molar-refractivity contribution is 5.35. The molecule has 1 aliphatic heterocycles. The number of rotatable bonds is 2. The summed E-state index contributed by atoms with van der Waals surface area (Å²) in [6, 6.07) is 0. The largest absolute Gasteiger partial charge is 0.394 e. The minimum Gasteiger partial charge on any atom is -0.394 e. The molecule has 2 heterocycles. The molecule has 1 saturated heterocycles. The number of nitrogens with zero attached hydrogens (tertiary/aromatic N) is 2. The van der Waals surface area contributed by atoms with Crippen LogP contribution in [-0.4, -0.2) is 38.6 Å². The lowest BCUT2D eigenvalue weighted by atomic mass is 10.2. The Balaban J connectivity index is 2.30. The molecule has 1 aromatic rings. The Morgan fingerprint density at radius 3 is 3.00 bits per heavy atom. The molecular weight excluding hydrogens is 229 g/mol. The van der Waals surface area contributed by atoms with Crippen molar-refractivity contribution in [3.05, 3.63) is 22.2 Å². The summed E-state index contributed by atoms with van der Waals surface area (Å²) < 4.78 is 6.65. The number of anilines is 1. The lowest BCUT2D eigenvalue weighted by Crippen LogP contribution is -2.28. The number of ether oxygens (including phenoxy) is 1. The van der Waals surface area contributed by atoms with Gasteiger partial charge in [-0.1, -0.05) is 0 Å². The Morgan fingerprint density at radius 1 is 1.71 bits per heavy atom. The molecule has 0 unspecified atom stereocenters. The van der Waals surface area contributed by atoms with Gasteiger partial charge in [0.05, 0.1) is 12.7 Å². The first-order valence-electron chi connectivity index (χ1n) is 5.32. The van der Waals surface area contributed by atoms with Crippen LogP contribution in [0.2, 0.25) is 0 Å². The highest BCUT2D eigenvalue weighted by Gasteiger charge is 2.35. The van der Waals surface area contributed by atoms with Gasteiger partial charge in [-0.3, -0.25) is 4.57 Å². The molecule has 3 atom stereocenters. The third-order valence-electron chi connectivity index (χ3n) is 2.87. The molecule has 7 nitrogen and oxygen atoms in total. The third kappa shape index (κ3) is 2.17. The summed E-state index contributed by atoms with van der Waals surface area (Å²) in [6.07, 6.45) is -0.265. The highest BCUT2D eigenvalue weighted by atomic mass is 16.6. The fourth-order valence-corrected chi connectivity index (χ4v) is 1.84. The van der Waals surface area contributed by atoms with E-state index in [-0.39, 0.29) is 18.8 Å². The molecule has 7 heteroatoms. The van der Waals surface area contributed by atoms with Gasteiger partial charge in [0.25, 0.3) is 0 Å². The maximum atomic E-state index is 11.6. The van der Waals surface area contributed by atoms with Crippen LogP contribution in [0.25, 0.3) is 0 Å². The topological polar surface area (TPSA) is 111 Å². The average Bonchev–Trinajstić information content (AvgIpc) is 2.65. The first-order chi connectivity index (χ1) is 8.02. The van der Waals surface area contributed by atoms with Crippen LogP contribution in [-0.2, 0) is 4.74 Å². The molecule has 94 valence electrons. The normalized spacial score (nSPS) is 28.5. The second-order valence-electron chi connectivity index (χ2n) is 4.11. The van der Waals surface area contributed by atoms with Crippen LogP contribution in [0.4, 0.5) is 5.82 Å². The zero-order valence-electron chi connectivity index (χ0n) is 9.41. The lowest BCUT2D eigenvalue weighted by Gasteiger charge is -2.15. The van der Waals surface area contributed by atoms with Crippen molar-refractivity contribution in [3.63, 3.8) is 0 Å². The lowest BCUT2D eigenvalue weighted by molar-refractivity contribution is -0.0459. The van der Waals surface area contributed by atoms with Crippen molar-refractivity contribution in [2.24, 2.45) is 0 Å². The van der Waals surface area contributed by atoms with E-state index in [2.05, 4.69) is 4.98 Å². The molecule has 17 heavy (non-hydrogen) atoms. The highest BCUT2D eigenvalue weighted by Crippen LogP contribution is 2.27. The van der Waals surface area contributed by atoms with Crippen molar-refractivity contribution in [2.45, 2.75) is 31.8 Å². The molecule has 1 aliphatic rings. The van der Waals surface area contributed by atoms with Gasteiger partial charge in [0, 0.05) is 18.2 Å². The van der Waals surface area contributed by atoms with Gasteiger partial charge in [-0.05, 0) is 6.92 Å². The monoisotopic (exact) mass is 244 g/mol. The molecule has 0 amide bonds. The predicted octanol–water partition coefficient (Wildman–Crippen LogP) is -1.23. The maximum Gasteiger partial charge on any atom is 0.351 e. The minimum absolute atomic E-state index is 0.184. The molecule has 0 spiro atoms. The van der Waals surface area contributed by atoms with Crippen LogP contribution in [0.15, 0.2) is 11.0 Å². The molecule has 0 saturated carbocycles. The summed E-state index contributed by atoms with van der Waals surface area (Å²) in [7, 11) is 0. The number of aryl methyl sites for hydroxylation is 1. The van der Waals surface area contributed by atoms with Gasteiger partial charge in [-0.2, -0.15) is 4.98 Å². The zero-order valence-corrected chi connectivity index (χ0v) is 9.41. The minimum atomic E-state index is -0.783. The molecule has 2 rings (SSSR count). The van der Waals surface area contributed by atoms with E-state index in [1.165, 1.54) is 4.57 Å². The summed E-state index contributed by atoms with van der Waals surface area (Å²) in [5.74, 6) is 0.184. The summed E-state index contributed by atoms with van der Waals surface area (Å²) in [6.45, 7) is 1.45. The Kier molecular flexibility index (Phi) is 3.14. The van der Waals surface area contributed by atoms with Crippen LogP contribution >= 0.6 is 0 Å². The van der Waals surface area contributed by atoms with Gasteiger partial charge in [-0.25, -0.2) is 4.79 Å². The van der Waals surface area contributed by atoms with Crippen molar-refractivity contribution in [2.75, 3.05) is 12.3 Å². The Morgan fingerprint density at radius 2 is 2.41 bits per heavy atom. The maximum absolute atomic E-state index is 11.6. The van der Waals surface area contributed by atoms with Crippen molar-refractivity contribution in [3.8, 4) is 0 Å². The quantitative estimate of drug-likeness (QED) is 0.601. The van der Waals surface area contributed by atoms with Gasteiger partial charge in [0.15, 0.2) is 0 Å². The smallest absolute Gasteiger partial charge is 0.351 e. The molecular formula is C10H15N3O4. The first kappa shape index (κ1) is 12.0. The standard InChI is InChI=1S/C10H15N3O4/c1-5-3-13(10(16)12-9(5)11)8-2-6(15)7(4-14)17-8/h3,6-8,14-15H,2,4H2,1H3,(H2,11,12,16)/t6-,7+,8+/m0/s1/i10+1,12+1,13+1. The van der Waals surface area contributed by atoms with Gasteiger partial charge < -0.3 is 20.7 Å². The second-order valence-corrected chi connectivity index (χ2v) is 4.11. The number of nitrogen functional groups attached to an aromatic ring is 1. The summed E-state index contributed by atoms with van der Waals surface area (Å²) in [4.78, 5) is 15.3. The van der Waals surface area contributed by atoms with Crippen LogP contribution in [0.3, 0.4) is 0 Å². The summed E-state index contributed by atoms with van der Waals surface area (Å²) in [5.41, 5.74) is 5.65. The summed E-state index contributed by atoms with van der Waals surface area (Å²) in [5, 5.41) is 18.6. The van der Waals surface area contributed by atoms with Crippen molar-refractivity contribution in [1.82, 2.24) is 9.55 Å². The molecule has 0 aliphatic carbocycles. The number of hydrogen-bond donors (Lipinski definition) is 3. The van der Waals surface area contributed by atoms with Gasteiger partial charge >= 0.3 is 5.69 Å². The third-order valence-corrected chi connectivity index (χ3v) is 2.87. The summed E-state index contributed by atoms with van der Waals surface area (Å²) >= 11 is 0. The first-order valence-corrected chi connectivity index (χ1v) is 5.32. The van der Waals surface area contributed by atoms with Crippen molar-refractivity contribution >= 4 is 5.82 Å². The Bertz CT molecular complexity index is 473. The van der Waals surface area contributed by atoms with E-state index in [9.17, 15) is 9.90 Å². The van der Waals surface area contributed by atoms with E-state index in [1.54, 1.807) is 13.1 Å². The van der Waals surface area contributed by atoms with Gasteiger partial charge in [-0.15, -0.1) is 0 Å². The average molecular weight is 244 g/mol. The van der Waals surface area contributed by atoms with E-state index in [4.69, 9.17) is 15.6 Å². The molecule has 0 aromatic carbocycles. The van der Waals surface area contributed by atoms with E-state index in [0.717, 1.165) is 0 Å². The second kappa shape index (κ2) is 4.44. The molecule has 0 bridgehead atoms. The van der Waals surface area contributed by atoms with Gasteiger partial charge in [0.2, 0.25) is 0 Å². The number of hydrogen-bond acceptors (Lipinski definition) is 6. The Labute approximate surface area is 97.5 Å². The van der Waals surface area contributed by atoms with E-state index < -0.39 is 24.1 Å². The van der Waals surface area contributed by atoms with Crippen LogP contribution in [0.5, 0.6) is 0 Å². The van der Waals surface area contributed by atoms with Gasteiger partial charge in [0.1, 0.15) is 18.1 Å². The number of aromatic nitrogens is 2. The van der Waals surface area contributed by atoms with E-state index in [1.807, 2.05) is 0 Å². The molecule has 1 aromatic heterocycles. The zero-order chi connectivity index (χ0) is 12.6. The van der Waals surface area contributed by atoms with Crippen molar-refractivity contribution in [1.29, 1.82) is 0 Å². The number of aliphatic hydroxyl groups excluding tert-OH is 2. The SMILES string of the molecule is Cc1c[15n]([C@H]2C[C@H](O)[C@@H](CO)O2)[13c](=O)[15n]c1N.